The number of fused-ring (bicyclic) bond motifs is 3. The average Bonchev–Trinajstić information content (AvgIpc) is 3.00. The quantitative estimate of drug-likeness (QED) is 0.706. The van der Waals surface area contributed by atoms with Crippen LogP contribution in [0.2, 0.25) is 0 Å². The third kappa shape index (κ3) is 3.27. The molecule has 3 N–H and O–H groups in total. The van der Waals surface area contributed by atoms with Gasteiger partial charge < -0.3 is 16.0 Å². The molecule has 2 heterocycles. The van der Waals surface area contributed by atoms with Gasteiger partial charge in [0.15, 0.2) is 0 Å². The zero-order valence-electron chi connectivity index (χ0n) is 15.3. The number of hydrogen-bond acceptors (Lipinski definition) is 3. The van der Waals surface area contributed by atoms with Gasteiger partial charge in [-0.15, -0.1) is 0 Å². The topological polar surface area (TPSA) is 36.1 Å². The molecular formula is C21H24F3N3. The van der Waals surface area contributed by atoms with E-state index in [1.165, 1.54) is 6.07 Å². The molecule has 0 radical (unpaired) electrons. The fourth-order valence-corrected chi connectivity index (χ4v) is 4.45. The van der Waals surface area contributed by atoms with Crippen molar-refractivity contribution in [1.29, 1.82) is 0 Å². The number of anilines is 2. The van der Waals surface area contributed by atoms with Crippen molar-refractivity contribution < 1.29 is 13.2 Å². The molecule has 27 heavy (non-hydrogen) atoms. The van der Waals surface area contributed by atoms with Crippen LogP contribution in [-0.4, -0.2) is 18.6 Å². The second-order valence-electron chi connectivity index (χ2n) is 7.47. The minimum Gasteiger partial charge on any atom is -0.381 e. The van der Waals surface area contributed by atoms with Gasteiger partial charge in [0, 0.05) is 30.2 Å². The van der Waals surface area contributed by atoms with Crippen molar-refractivity contribution in [1.82, 2.24) is 5.32 Å². The van der Waals surface area contributed by atoms with Gasteiger partial charge >= 0.3 is 6.18 Å². The molecule has 2 aromatic carbocycles. The second kappa shape index (κ2) is 6.75. The van der Waals surface area contributed by atoms with Crippen LogP contribution in [0.4, 0.5) is 24.5 Å². The van der Waals surface area contributed by atoms with Crippen LogP contribution in [0.1, 0.15) is 42.4 Å². The van der Waals surface area contributed by atoms with E-state index in [9.17, 15) is 13.2 Å². The molecule has 3 nitrogen and oxygen atoms in total. The predicted octanol–water partition coefficient (Wildman–Crippen LogP) is 4.97. The molecule has 6 heteroatoms. The van der Waals surface area contributed by atoms with Gasteiger partial charge in [-0.2, -0.15) is 13.2 Å². The monoisotopic (exact) mass is 375 g/mol. The highest BCUT2D eigenvalue weighted by Crippen LogP contribution is 2.52. The number of hydrogen-bond donors (Lipinski definition) is 3. The van der Waals surface area contributed by atoms with Crippen molar-refractivity contribution in [3.8, 4) is 0 Å². The summed E-state index contributed by atoms with van der Waals surface area (Å²) in [5, 5.41) is 9.82. The fourth-order valence-electron chi connectivity index (χ4n) is 4.45. The van der Waals surface area contributed by atoms with Crippen molar-refractivity contribution in [2.75, 3.05) is 23.7 Å². The Morgan fingerprint density at radius 2 is 1.96 bits per heavy atom. The Labute approximate surface area is 157 Å². The van der Waals surface area contributed by atoms with Crippen molar-refractivity contribution in [2.45, 2.75) is 43.9 Å². The standard InChI is InChI=1S/C21H24F3N3/c1-2-20-8-9-25-13-18(20)16-10-15(26-12-14-6-4-3-5-7-14)11-17(19(16)27-20)21(22,23)24/h3-7,10-11,18,25-27H,2,8-9,12-13H2,1H3/t18-,20-/m0/s1. The van der Waals surface area contributed by atoms with E-state index in [0.29, 0.717) is 18.8 Å². The van der Waals surface area contributed by atoms with Crippen LogP contribution in [0.25, 0.3) is 0 Å². The molecule has 0 aliphatic carbocycles. The van der Waals surface area contributed by atoms with E-state index in [1.54, 1.807) is 0 Å². The van der Waals surface area contributed by atoms with Crippen LogP contribution in [0.3, 0.4) is 0 Å². The Bertz CT molecular complexity index is 819. The van der Waals surface area contributed by atoms with Crippen LogP contribution in [0, 0.1) is 0 Å². The number of nitrogens with one attached hydrogen (secondary N) is 3. The largest absolute Gasteiger partial charge is 0.418 e. The first-order valence-electron chi connectivity index (χ1n) is 9.45. The Kier molecular flexibility index (Phi) is 4.54. The van der Waals surface area contributed by atoms with Crippen LogP contribution in [-0.2, 0) is 12.7 Å². The van der Waals surface area contributed by atoms with E-state index in [-0.39, 0.29) is 17.1 Å². The molecule has 1 saturated heterocycles. The first-order chi connectivity index (χ1) is 12.9. The summed E-state index contributed by atoms with van der Waals surface area (Å²) in [6, 6.07) is 12.8. The lowest BCUT2D eigenvalue weighted by Gasteiger charge is -2.39. The lowest BCUT2D eigenvalue weighted by atomic mass is 9.76. The number of rotatable bonds is 4. The molecule has 144 valence electrons. The first kappa shape index (κ1) is 18.2. The van der Waals surface area contributed by atoms with E-state index in [0.717, 1.165) is 30.5 Å². The number of benzene rings is 2. The van der Waals surface area contributed by atoms with Crippen molar-refractivity contribution in [3.05, 3.63) is 59.2 Å². The molecule has 0 unspecified atom stereocenters. The summed E-state index contributed by atoms with van der Waals surface area (Å²) < 4.78 is 41.4. The third-order valence-electron chi connectivity index (χ3n) is 5.96. The Morgan fingerprint density at radius 3 is 2.67 bits per heavy atom. The highest BCUT2D eigenvalue weighted by molar-refractivity contribution is 5.72. The Morgan fingerprint density at radius 1 is 1.19 bits per heavy atom. The predicted molar refractivity (Wildman–Crippen MR) is 102 cm³/mol. The lowest BCUT2D eigenvalue weighted by molar-refractivity contribution is -0.136. The van der Waals surface area contributed by atoms with Crippen LogP contribution in [0.15, 0.2) is 42.5 Å². The summed E-state index contributed by atoms with van der Waals surface area (Å²) in [4.78, 5) is 0. The molecule has 0 spiro atoms. The van der Waals surface area contributed by atoms with Gasteiger partial charge in [-0.3, -0.25) is 0 Å². The number of piperidine rings is 1. The Hall–Kier alpha value is -2.21. The van der Waals surface area contributed by atoms with Gasteiger partial charge in [0.2, 0.25) is 0 Å². The molecule has 0 aromatic heterocycles. The summed E-state index contributed by atoms with van der Waals surface area (Å²) in [6.45, 7) is 4.07. The van der Waals surface area contributed by atoms with Crippen molar-refractivity contribution in [3.63, 3.8) is 0 Å². The fraction of sp³-hybridized carbons (Fsp3) is 0.429. The summed E-state index contributed by atoms with van der Waals surface area (Å²) in [5.74, 6) is 0.0471. The molecule has 0 amide bonds. The van der Waals surface area contributed by atoms with Gasteiger partial charge in [-0.25, -0.2) is 0 Å². The highest BCUT2D eigenvalue weighted by Gasteiger charge is 2.49. The molecule has 0 bridgehead atoms. The van der Waals surface area contributed by atoms with Crippen LogP contribution < -0.4 is 16.0 Å². The zero-order chi connectivity index (χ0) is 19.1. The summed E-state index contributed by atoms with van der Waals surface area (Å²) in [5.41, 5.74) is 1.73. The lowest BCUT2D eigenvalue weighted by Crippen LogP contribution is -2.49. The van der Waals surface area contributed by atoms with E-state index in [2.05, 4.69) is 22.9 Å². The highest BCUT2D eigenvalue weighted by atomic mass is 19.4. The summed E-state index contributed by atoms with van der Waals surface area (Å²) >= 11 is 0. The maximum Gasteiger partial charge on any atom is 0.418 e. The van der Waals surface area contributed by atoms with E-state index in [4.69, 9.17) is 0 Å². The minimum atomic E-state index is -4.39. The smallest absolute Gasteiger partial charge is 0.381 e. The molecule has 2 aliphatic rings. The van der Waals surface area contributed by atoms with Crippen molar-refractivity contribution >= 4 is 11.4 Å². The molecule has 1 fully saturated rings. The SMILES string of the molecule is CC[C@]12CCNC[C@H]1c1cc(NCc3ccccc3)cc(C(F)(F)F)c1N2. The van der Waals surface area contributed by atoms with Gasteiger partial charge in [0.1, 0.15) is 0 Å². The number of alkyl halides is 3. The van der Waals surface area contributed by atoms with Crippen molar-refractivity contribution in [2.24, 2.45) is 0 Å². The molecule has 2 atom stereocenters. The summed E-state index contributed by atoms with van der Waals surface area (Å²) in [6.07, 6.45) is -2.76. The van der Waals surface area contributed by atoms with Crippen LogP contribution >= 0.6 is 0 Å². The normalized spacial score (nSPS) is 24.1. The third-order valence-corrected chi connectivity index (χ3v) is 5.96. The molecular weight excluding hydrogens is 351 g/mol. The second-order valence-corrected chi connectivity index (χ2v) is 7.47. The Balaban J connectivity index is 1.72. The zero-order valence-corrected chi connectivity index (χ0v) is 15.3. The van der Waals surface area contributed by atoms with Gasteiger partial charge in [0.05, 0.1) is 11.3 Å². The van der Waals surface area contributed by atoms with Gasteiger partial charge in [0.25, 0.3) is 0 Å². The minimum absolute atomic E-state index is 0.0471. The molecule has 0 saturated carbocycles. The van der Waals surface area contributed by atoms with E-state index in [1.807, 2.05) is 36.4 Å². The molecule has 2 aliphatic heterocycles. The van der Waals surface area contributed by atoms with Gasteiger partial charge in [-0.05, 0) is 42.6 Å². The van der Waals surface area contributed by atoms with Gasteiger partial charge in [-0.1, -0.05) is 37.3 Å². The maximum absolute atomic E-state index is 13.8. The molecule has 4 rings (SSSR count). The van der Waals surface area contributed by atoms with E-state index >= 15 is 0 Å². The first-order valence-corrected chi connectivity index (χ1v) is 9.45. The van der Waals surface area contributed by atoms with E-state index < -0.39 is 11.7 Å². The maximum atomic E-state index is 13.8. The summed E-state index contributed by atoms with van der Waals surface area (Å²) in [7, 11) is 0. The molecule has 2 aromatic rings. The average molecular weight is 375 g/mol. The number of halogens is 3. The van der Waals surface area contributed by atoms with Crippen LogP contribution in [0.5, 0.6) is 0 Å².